The SMILES string of the molecule is Cc1ccc(-n2nnnc2SCC(=O)Nc2cc(C3CC3)nn2-c2ccccc2)cc1. The molecule has 1 saturated carbocycles. The van der Waals surface area contributed by atoms with Gasteiger partial charge >= 0.3 is 0 Å². The predicted molar refractivity (Wildman–Crippen MR) is 119 cm³/mol. The summed E-state index contributed by atoms with van der Waals surface area (Å²) in [7, 11) is 0. The van der Waals surface area contributed by atoms with E-state index >= 15 is 0 Å². The molecule has 9 heteroatoms. The highest BCUT2D eigenvalue weighted by Gasteiger charge is 2.28. The van der Waals surface area contributed by atoms with E-state index in [0.29, 0.717) is 16.9 Å². The smallest absolute Gasteiger partial charge is 0.236 e. The van der Waals surface area contributed by atoms with Gasteiger partial charge in [-0.05, 0) is 54.5 Å². The van der Waals surface area contributed by atoms with Crippen molar-refractivity contribution in [3.05, 3.63) is 71.9 Å². The van der Waals surface area contributed by atoms with Gasteiger partial charge in [-0.2, -0.15) is 9.78 Å². The number of hydrogen-bond acceptors (Lipinski definition) is 6. The van der Waals surface area contributed by atoms with Gasteiger partial charge in [0.2, 0.25) is 11.1 Å². The summed E-state index contributed by atoms with van der Waals surface area (Å²) in [6, 6.07) is 19.7. The van der Waals surface area contributed by atoms with E-state index in [4.69, 9.17) is 5.10 Å². The number of hydrogen-bond donors (Lipinski definition) is 1. The maximum absolute atomic E-state index is 12.7. The van der Waals surface area contributed by atoms with Crippen molar-refractivity contribution in [2.24, 2.45) is 0 Å². The van der Waals surface area contributed by atoms with Crippen molar-refractivity contribution in [1.82, 2.24) is 30.0 Å². The minimum Gasteiger partial charge on any atom is -0.310 e. The summed E-state index contributed by atoms with van der Waals surface area (Å²) < 4.78 is 3.43. The van der Waals surface area contributed by atoms with Crippen LogP contribution in [0.5, 0.6) is 0 Å². The van der Waals surface area contributed by atoms with E-state index in [9.17, 15) is 4.79 Å². The van der Waals surface area contributed by atoms with Gasteiger partial charge in [0.1, 0.15) is 5.82 Å². The molecule has 1 fully saturated rings. The van der Waals surface area contributed by atoms with Crippen molar-refractivity contribution in [1.29, 1.82) is 0 Å². The molecule has 156 valence electrons. The molecule has 1 N–H and O–H groups in total. The van der Waals surface area contributed by atoms with Crippen LogP contribution < -0.4 is 5.32 Å². The van der Waals surface area contributed by atoms with Crippen LogP contribution in [0.2, 0.25) is 0 Å². The fourth-order valence-electron chi connectivity index (χ4n) is 3.26. The number of carbonyl (C=O) groups excluding carboxylic acids is 1. The molecule has 0 saturated heterocycles. The summed E-state index contributed by atoms with van der Waals surface area (Å²) in [5.41, 5.74) is 3.96. The van der Waals surface area contributed by atoms with Gasteiger partial charge < -0.3 is 5.32 Å². The average Bonchev–Trinajstić information content (AvgIpc) is 3.39. The number of aryl methyl sites for hydroxylation is 1. The van der Waals surface area contributed by atoms with E-state index in [1.165, 1.54) is 11.8 Å². The molecule has 0 unspecified atom stereocenters. The van der Waals surface area contributed by atoms with Gasteiger partial charge in [0.15, 0.2) is 0 Å². The van der Waals surface area contributed by atoms with E-state index in [2.05, 4.69) is 20.8 Å². The highest BCUT2D eigenvalue weighted by Crippen LogP contribution is 2.40. The number of para-hydroxylation sites is 1. The Morgan fingerprint density at radius 3 is 2.55 bits per heavy atom. The number of tetrazole rings is 1. The van der Waals surface area contributed by atoms with Crippen LogP contribution in [0.4, 0.5) is 5.82 Å². The Balaban J connectivity index is 1.30. The molecular formula is C22H21N7OS. The number of nitrogens with zero attached hydrogens (tertiary/aromatic N) is 6. The van der Waals surface area contributed by atoms with Crippen molar-refractivity contribution in [3.63, 3.8) is 0 Å². The standard InChI is InChI=1S/C22H21N7OS/c1-15-7-11-18(12-8-15)29-22(24-26-27-29)31-14-21(30)23-20-13-19(16-9-10-16)25-28(20)17-5-3-2-4-6-17/h2-8,11-13,16H,9-10,14H2,1H3,(H,23,30). The van der Waals surface area contributed by atoms with Crippen molar-refractivity contribution in [2.45, 2.75) is 30.8 Å². The van der Waals surface area contributed by atoms with Crippen molar-refractivity contribution in [3.8, 4) is 11.4 Å². The van der Waals surface area contributed by atoms with Crippen LogP contribution >= 0.6 is 11.8 Å². The Morgan fingerprint density at radius 2 is 1.81 bits per heavy atom. The van der Waals surface area contributed by atoms with Crippen molar-refractivity contribution < 1.29 is 4.79 Å². The van der Waals surface area contributed by atoms with Crippen LogP contribution in [0.15, 0.2) is 65.8 Å². The topological polar surface area (TPSA) is 90.5 Å². The first-order valence-electron chi connectivity index (χ1n) is 10.1. The maximum atomic E-state index is 12.7. The van der Waals surface area contributed by atoms with Crippen molar-refractivity contribution in [2.75, 3.05) is 11.1 Å². The Bertz CT molecular complexity index is 1200. The van der Waals surface area contributed by atoms with Gasteiger partial charge in [0.05, 0.1) is 22.8 Å². The number of benzene rings is 2. The average molecular weight is 432 g/mol. The lowest BCUT2D eigenvalue weighted by Gasteiger charge is -2.09. The minimum atomic E-state index is -0.136. The van der Waals surface area contributed by atoms with Crippen LogP contribution in [0.3, 0.4) is 0 Å². The zero-order chi connectivity index (χ0) is 21.2. The van der Waals surface area contributed by atoms with Gasteiger partial charge in [0.25, 0.3) is 0 Å². The molecule has 8 nitrogen and oxygen atoms in total. The van der Waals surface area contributed by atoms with Gasteiger partial charge in [-0.3, -0.25) is 4.79 Å². The van der Waals surface area contributed by atoms with E-state index in [0.717, 1.165) is 35.5 Å². The molecule has 5 rings (SSSR count). The lowest BCUT2D eigenvalue weighted by atomic mass is 10.2. The molecule has 1 aliphatic carbocycles. The van der Waals surface area contributed by atoms with Gasteiger partial charge in [-0.25, -0.2) is 4.68 Å². The monoisotopic (exact) mass is 431 g/mol. The van der Waals surface area contributed by atoms with Gasteiger partial charge in [-0.15, -0.1) is 5.10 Å². The molecule has 0 bridgehead atoms. The Labute approximate surface area is 183 Å². The molecule has 31 heavy (non-hydrogen) atoms. The molecule has 0 radical (unpaired) electrons. The number of anilines is 1. The quantitative estimate of drug-likeness (QED) is 0.448. The number of nitrogens with one attached hydrogen (secondary N) is 1. The van der Waals surface area contributed by atoms with Crippen LogP contribution in [0.1, 0.15) is 30.0 Å². The predicted octanol–water partition coefficient (Wildman–Crippen LogP) is 3.76. The lowest BCUT2D eigenvalue weighted by Crippen LogP contribution is -2.17. The second-order valence-electron chi connectivity index (χ2n) is 7.52. The molecule has 2 aromatic heterocycles. The third-order valence-electron chi connectivity index (χ3n) is 5.04. The Kier molecular flexibility index (Phi) is 5.25. The summed E-state index contributed by atoms with van der Waals surface area (Å²) in [4.78, 5) is 12.7. The molecule has 2 aromatic carbocycles. The molecule has 0 atom stereocenters. The molecule has 0 spiro atoms. The molecular weight excluding hydrogens is 410 g/mol. The van der Waals surface area contributed by atoms with Crippen molar-refractivity contribution >= 4 is 23.5 Å². The fourth-order valence-corrected chi connectivity index (χ4v) is 3.95. The molecule has 4 aromatic rings. The van der Waals surface area contributed by atoms with Crippen LogP contribution in [-0.4, -0.2) is 41.6 Å². The number of aromatic nitrogens is 6. The second kappa shape index (κ2) is 8.35. The summed E-state index contributed by atoms with van der Waals surface area (Å²) in [6.07, 6.45) is 2.30. The number of rotatable bonds is 7. The van der Waals surface area contributed by atoms with E-state index in [1.807, 2.05) is 67.6 Å². The van der Waals surface area contributed by atoms with E-state index < -0.39 is 0 Å². The van der Waals surface area contributed by atoms with Crippen LogP contribution in [0, 0.1) is 6.92 Å². The summed E-state index contributed by atoms with van der Waals surface area (Å²) in [6.45, 7) is 2.03. The number of thioether (sulfide) groups is 1. The van der Waals surface area contributed by atoms with Crippen LogP contribution in [0.25, 0.3) is 11.4 Å². The fraction of sp³-hybridized carbons (Fsp3) is 0.227. The first kappa shape index (κ1) is 19.5. The number of amides is 1. The summed E-state index contributed by atoms with van der Waals surface area (Å²) in [5, 5.41) is 20.2. The first-order chi connectivity index (χ1) is 15.2. The molecule has 0 aliphatic heterocycles. The molecule has 1 aliphatic rings. The third kappa shape index (κ3) is 4.36. The zero-order valence-corrected chi connectivity index (χ0v) is 17.8. The highest BCUT2D eigenvalue weighted by molar-refractivity contribution is 7.99. The lowest BCUT2D eigenvalue weighted by molar-refractivity contribution is -0.113. The Hall–Kier alpha value is -3.46. The summed E-state index contributed by atoms with van der Waals surface area (Å²) >= 11 is 1.29. The molecule has 1 amide bonds. The van der Waals surface area contributed by atoms with Gasteiger partial charge in [0, 0.05) is 12.0 Å². The highest BCUT2D eigenvalue weighted by atomic mass is 32.2. The molecule has 2 heterocycles. The van der Waals surface area contributed by atoms with E-state index in [-0.39, 0.29) is 11.7 Å². The minimum absolute atomic E-state index is 0.136. The van der Waals surface area contributed by atoms with Crippen LogP contribution in [-0.2, 0) is 4.79 Å². The largest absolute Gasteiger partial charge is 0.310 e. The first-order valence-corrected chi connectivity index (χ1v) is 11.1. The maximum Gasteiger partial charge on any atom is 0.236 e. The Morgan fingerprint density at radius 1 is 1.06 bits per heavy atom. The normalized spacial score (nSPS) is 13.3. The number of carbonyl (C=O) groups is 1. The van der Waals surface area contributed by atoms with E-state index in [1.54, 1.807) is 9.36 Å². The zero-order valence-electron chi connectivity index (χ0n) is 17.0. The third-order valence-corrected chi connectivity index (χ3v) is 5.96. The summed E-state index contributed by atoms with van der Waals surface area (Å²) in [5.74, 6) is 1.22. The van der Waals surface area contributed by atoms with Gasteiger partial charge in [-0.1, -0.05) is 47.7 Å². The second-order valence-corrected chi connectivity index (χ2v) is 8.46.